The largest absolute Gasteiger partial charge is 0.356 e. The lowest BCUT2D eigenvalue weighted by Gasteiger charge is -2.21. The van der Waals surface area contributed by atoms with Gasteiger partial charge in [0.05, 0.1) is 5.75 Å². The summed E-state index contributed by atoms with van der Waals surface area (Å²) < 4.78 is 25.0. The Kier molecular flexibility index (Phi) is 11.4. The lowest BCUT2D eigenvalue weighted by Crippen LogP contribution is -2.45. The highest BCUT2D eigenvalue weighted by Crippen LogP contribution is 2.20. The van der Waals surface area contributed by atoms with E-state index in [9.17, 15) is 8.42 Å². The molecule has 1 fully saturated rings. The van der Waals surface area contributed by atoms with E-state index in [0.29, 0.717) is 25.2 Å². The molecule has 0 amide bonds. The van der Waals surface area contributed by atoms with Gasteiger partial charge < -0.3 is 10.6 Å². The molecule has 1 heterocycles. The first-order chi connectivity index (χ1) is 13.4. The van der Waals surface area contributed by atoms with Crippen molar-refractivity contribution < 1.29 is 8.42 Å². The van der Waals surface area contributed by atoms with Crippen LogP contribution in [0.3, 0.4) is 0 Å². The van der Waals surface area contributed by atoms with Crippen molar-refractivity contribution in [1.29, 1.82) is 0 Å². The number of hydrogen-bond donors (Lipinski definition) is 2. The Morgan fingerprint density at radius 2 is 2.00 bits per heavy atom. The van der Waals surface area contributed by atoms with Crippen molar-refractivity contribution >= 4 is 40.0 Å². The number of nitrogens with zero attached hydrogens (tertiary/aromatic N) is 3. The number of benzene rings is 1. The minimum absolute atomic E-state index is 0. The average molecular weight is 538 g/mol. The standard InChI is InChI=1S/C20H35N5O2S.HI/c1-5-28(26,27)24(4)13-9-12-22-20(21-3)23-19-14-17(2)25(16-19)15-18-10-7-6-8-11-18;/h6-8,10-11,17,19H,5,9,12-16H2,1-4H3,(H2,21,22,23);1H. The molecule has 0 spiro atoms. The highest BCUT2D eigenvalue weighted by Gasteiger charge is 2.29. The molecule has 7 nitrogen and oxygen atoms in total. The van der Waals surface area contributed by atoms with Gasteiger partial charge in [0.1, 0.15) is 0 Å². The fourth-order valence-electron chi connectivity index (χ4n) is 3.50. The van der Waals surface area contributed by atoms with Crippen LogP contribution in [0.15, 0.2) is 35.3 Å². The fourth-order valence-corrected chi connectivity index (χ4v) is 4.35. The predicted molar refractivity (Wildman–Crippen MR) is 131 cm³/mol. The monoisotopic (exact) mass is 537 g/mol. The summed E-state index contributed by atoms with van der Waals surface area (Å²) in [4.78, 5) is 6.80. The first-order valence-electron chi connectivity index (χ1n) is 10.0. The average Bonchev–Trinajstić information content (AvgIpc) is 3.03. The summed E-state index contributed by atoms with van der Waals surface area (Å²) >= 11 is 0. The molecular weight excluding hydrogens is 501 g/mol. The summed E-state index contributed by atoms with van der Waals surface area (Å²) in [6.07, 6.45) is 1.81. The topological polar surface area (TPSA) is 77.0 Å². The van der Waals surface area contributed by atoms with Crippen molar-refractivity contribution in [1.82, 2.24) is 19.8 Å². The molecule has 1 aliphatic rings. The number of hydrogen-bond acceptors (Lipinski definition) is 4. The van der Waals surface area contributed by atoms with E-state index in [0.717, 1.165) is 31.9 Å². The molecule has 29 heavy (non-hydrogen) atoms. The number of sulfonamides is 1. The third kappa shape index (κ3) is 8.39. The van der Waals surface area contributed by atoms with E-state index in [-0.39, 0.29) is 29.7 Å². The molecule has 0 aromatic heterocycles. The Bertz CT molecular complexity index is 730. The van der Waals surface area contributed by atoms with Crippen molar-refractivity contribution in [2.24, 2.45) is 4.99 Å². The molecule has 0 bridgehead atoms. The second-order valence-corrected chi connectivity index (χ2v) is 9.78. The molecule has 9 heteroatoms. The molecule has 2 rings (SSSR count). The summed E-state index contributed by atoms with van der Waals surface area (Å²) in [6.45, 7) is 7.06. The molecule has 1 aromatic carbocycles. The van der Waals surface area contributed by atoms with Crippen LogP contribution >= 0.6 is 24.0 Å². The van der Waals surface area contributed by atoms with Gasteiger partial charge in [-0.3, -0.25) is 9.89 Å². The van der Waals surface area contributed by atoms with Gasteiger partial charge in [-0.25, -0.2) is 12.7 Å². The quantitative estimate of drug-likeness (QED) is 0.219. The van der Waals surface area contributed by atoms with Gasteiger partial charge in [-0.15, -0.1) is 24.0 Å². The first kappa shape index (κ1) is 26.1. The fraction of sp³-hybridized carbons (Fsp3) is 0.650. The molecule has 2 unspecified atom stereocenters. The second kappa shape index (κ2) is 12.7. The number of halogens is 1. The minimum Gasteiger partial charge on any atom is -0.356 e. The van der Waals surface area contributed by atoms with Gasteiger partial charge >= 0.3 is 0 Å². The smallest absolute Gasteiger partial charge is 0.213 e. The lowest BCUT2D eigenvalue weighted by atomic mass is 10.2. The third-order valence-electron chi connectivity index (χ3n) is 5.28. The lowest BCUT2D eigenvalue weighted by molar-refractivity contribution is 0.258. The maximum Gasteiger partial charge on any atom is 0.213 e. The van der Waals surface area contributed by atoms with Crippen molar-refractivity contribution in [2.45, 2.75) is 45.3 Å². The Morgan fingerprint density at radius 3 is 2.62 bits per heavy atom. The molecule has 1 saturated heterocycles. The maximum atomic E-state index is 11.8. The molecule has 166 valence electrons. The van der Waals surface area contributed by atoms with Crippen LogP contribution in [-0.4, -0.2) is 75.1 Å². The van der Waals surface area contributed by atoms with Crippen molar-refractivity contribution in [3.8, 4) is 0 Å². The highest BCUT2D eigenvalue weighted by molar-refractivity contribution is 14.0. The van der Waals surface area contributed by atoms with Crippen LogP contribution in [0.4, 0.5) is 0 Å². The van der Waals surface area contributed by atoms with Crippen molar-refractivity contribution in [3.63, 3.8) is 0 Å². The van der Waals surface area contributed by atoms with E-state index in [4.69, 9.17) is 0 Å². The van der Waals surface area contributed by atoms with Gasteiger partial charge in [0, 0.05) is 52.4 Å². The summed E-state index contributed by atoms with van der Waals surface area (Å²) in [5.74, 6) is 0.916. The van der Waals surface area contributed by atoms with Gasteiger partial charge in [-0.05, 0) is 32.3 Å². The minimum atomic E-state index is -3.11. The normalized spacial score (nSPS) is 20.5. The van der Waals surface area contributed by atoms with E-state index in [1.165, 1.54) is 9.87 Å². The molecule has 1 aromatic rings. The summed E-state index contributed by atoms with van der Waals surface area (Å²) in [5.41, 5.74) is 1.34. The summed E-state index contributed by atoms with van der Waals surface area (Å²) in [6, 6.07) is 11.4. The van der Waals surface area contributed by atoms with Crippen molar-refractivity contribution in [3.05, 3.63) is 35.9 Å². The van der Waals surface area contributed by atoms with Crippen LogP contribution in [0.25, 0.3) is 0 Å². The SMILES string of the molecule is CCS(=O)(=O)N(C)CCCNC(=NC)NC1CC(C)N(Cc2ccccc2)C1.I. The van der Waals surface area contributed by atoms with Crippen LogP contribution in [-0.2, 0) is 16.6 Å². The van der Waals surface area contributed by atoms with E-state index in [1.807, 2.05) is 6.07 Å². The van der Waals surface area contributed by atoms with Crippen LogP contribution < -0.4 is 10.6 Å². The Labute approximate surface area is 193 Å². The van der Waals surface area contributed by atoms with E-state index in [2.05, 4.69) is 51.7 Å². The molecule has 0 saturated carbocycles. The maximum absolute atomic E-state index is 11.8. The molecule has 0 radical (unpaired) electrons. The number of nitrogens with one attached hydrogen (secondary N) is 2. The van der Waals surface area contributed by atoms with Crippen molar-refractivity contribution in [2.75, 3.05) is 39.5 Å². The molecular formula is C20H36IN5O2S. The zero-order valence-corrected chi connectivity index (χ0v) is 21.1. The summed E-state index contributed by atoms with van der Waals surface area (Å²) in [5, 5.41) is 6.81. The Balaban J connectivity index is 0.00000420. The molecule has 2 atom stereocenters. The van der Waals surface area contributed by atoms with Gasteiger partial charge in [-0.1, -0.05) is 30.3 Å². The number of rotatable bonds is 9. The molecule has 2 N–H and O–H groups in total. The van der Waals surface area contributed by atoms with Gasteiger partial charge in [0.2, 0.25) is 10.0 Å². The van der Waals surface area contributed by atoms with Gasteiger partial charge in [-0.2, -0.15) is 0 Å². The summed E-state index contributed by atoms with van der Waals surface area (Å²) in [7, 11) is 0.292. The third-order valence-corrected chi connectivity index (χ3v) is 7.14. The van der Waals surface area contributed by atoms with Gasteiger partial charge in [0.15, 0.2) is 5.96 Å². The van der Waals surface area contributed by atoms with Crippen LogP contribution in [0, 0.1) is 0 Å². The van der Waals surface area contributed by atoms with Crippen LogP contribution in [0.5, 0.6) is 0 Å². The van der Waals surface area contributed by atoms with Crippen LogP contribution in [0.2, 0.25) is 0 Å². The van der Waals surface area contributed by atoms with Gasteiger partial charge in [0.25, 0.3) is 0 Å². The highest BCUT2D eigenvalue weighted by atomic mass is 127. The van der Waals surface area contributed by atoms with Crippen LogP contribution in [0.1, 0.15) is 32.3 Å². The van der Waals surface area contributed by atoms with E-state index < -0.39 is 10.0 Å². The predicted octanol–water partition coefficient (Wildman–Crippen LogP) is 2.10. The number of guanidine groups is 1. The van der Waals surface area contributed by atoms with E-state index in [1.54, 1.807) is 21.0 Å². The molecule has 0 aliphatic carbocycles. The first-order valence-corrected chi connectivity index (χ1v) is 11.7. The second-order valence-electron chi connectivity index (χ2n) is 7.42. The van der Waals surface area contributed by atoms with E-state index >= 15 is 0 Å². The Morgan fingerprint density at radius 1 is 1.31 bits per heavy atom. The number of aliphatic imine (C=N–C) groups is 1. The zero-order chi connectivity index (χ0) is 20.6. The zero-order valence-electron chi connectivity index (χ0n) is 18.0. The Hall–Kier alpha value is -0.910. The number of likely N-dealkylation sites (tertiary alicyclic amines) is 1. The molecule has 1 aliphatic heterocycles.